The van der Waals surface area contributed by atoms with E-state index in [1.165, 1.54) is 18.2 Å². The number of nitrogens with zero attached hydrogens (tertiary/aromatic N) is 1. The summed E-state index contributed by atoms with van der Waals surface area (Å²) in [4.78, 5) is 4.11. The minimum Gasteiger partial charge on any atom is -0.441 e. The molecule has 1 heterocycles. The van der Waals surface area contributed by atoms with Crippen LogP contribution < -0.4 is 0 Å². The quantitative estimate of drug-likeness (QED) is 0.717. The van der Waals surface area contributed by atoms with Crippen LogP contribution in [0, 0.1) is 11.6 Å². The Labute approximate surface area is 92.3 Å². The molecular formula is C12H11F2NO. The van der Waals surface area contributed by atoms with E-state index in [-0.39, 0.29) is 11.5 Å². The molecule has 0 spiro atoms. The van der Waals surface area contributed by atoms with Crippen molar-refractivity contribution in [2.24, 2.45) is 4.99 Å². The highest BCUT2D eigenvalue weighted by atomic mass is 19.1. The summed E-state index contributed by atoms with van der Waals surface area (Å²) in [6.07, 6.45) is 0. The SMILES string of the molecule is C=C1OC(c2c(F)cccc2F)=NC1(C)C. The van der Waals surface area contributed by atoms with Crippen molar-refractivity contribution in [1.82, 2.24) is 0 Å². The van der Waals surface area contributed by atoms with Gasteiger partial charge in [0.2, 0.25) is 5.90 Å². The van der Waals surface area contributed by atoms with E-state index in [0.717, 1.165) is 0 Å². The van der Waals surface area contributed by atoms with Crippen molar-refractivity contribution in [1.29, 1.82) is 0 Å². The Morgan fingerprint density at radius 3 is 2.25 bits per heavy atom. The lowest BCUT2D eigenvalue weighted by Crippen LogP contribution is -2.14. The van der Waals surface area contributed by atoms with Gasteiger partial charge in [-0.05, 0) is 26.0 Å². The lowest BCUT2D eigenvalue weighted by molar-refractivity contribution is 0.381. The average Bonchev–Trinajstić information content (AvgIpc) is 2.40. The van der Waals surface area contributed by atoms with Crippen molar-refractivity contribution in [3.63, 3.8) is 0 Å². The van der Waals surface area contributed by atoms with Gasteiger partial charge >= 0.3 is 0 Å². The summed E-state index contributed by atoms with van der Waals surface area (Å²) >= 11 is 0. The normalized spacial score (nSPS) is 18.2. The molecule has 0 bridgehead atoms. The fourth-order valence-corrected chi connectivity index (χ4v) is 1.39. The van der Waals surface area contributed by atoms with Crippen molar-refractivity contribution in [2.75, 3.05) is 0 Å². The molecule has 1 aromatic rings. The highest BCUT2D eigenvalue weighted by Gasteiger charge is 2.34. The summed E-state index contributed by atoms with van der Waals surface area (Å²) in [5.74, 6) is -1.05. The maximum absolute atomic E-state index is 13.5. The van der Waals surface area contributed by atoms with Gasteiger partial charge in [0.25, 0.3) is 0 Å². The molecular weight excluding hydrogens is 212 g/mol. The second kappa shape index (κ2) is 3.40. The third-order valence-corrected chi connectivity index (χ3v) is 2.46. The van der Waals surface area contributed by atoms with E-state index in [1.807, 2.05) is 0 Å². The number of rotatable bonds is 1. The summed E-state index contributed by atoms with van der Waals surface area (Å²) in [6, 6.07) is 3.63. The van der Waals surface area contributed by atoms with Gasteiger partial charge in [-0.15, -0.1) is 0 Å². The number of hydrogen-bond donors (Lipinski definition) is 0. The highest BCUT2D eigenvalue weighted by molar-refractivity contribution is 5.97. The van der Waals surface area contributed by atoms with Gasteiger partial charge in [-0.1, -0.05) is 12.6 Å². The lowest BCUT2D eigenvalue weighted by Gasteiger charge is -2.11. The van der Waals surface area contributed by atoms with Gasteiger partial charge in [-0.2, -0.15) is 0 Å². The highest BCUT2D eigenvalue weighted by Crippen LogP contribution is 2.30. The molecule has 0 aliphatic carbocycles. The molecule has 1 aliphatic rings. The molecule has 2 nitrogen and oxygen atoms in total. The predicted molar refractivity (Wildman–Crippen MR) is 57.2 cm³/mol. The molecule has 0 fully saturated rings. The number of benzene rings is 1. The maximum atomic E-state index is 13.5. The van der Waals surface area contributed by atoms with E-state index in [1.54, 1.807) is 13.8 Å². The van der Waals surface area contributed by atoms with Crippen LogP contribution in [0.1, 0.15) is 19.4 Å². The molecule has 0 aromatic heterocycles. The standard InChI is InChI=1S/C12H11F2NO/c1-7-12(2,3)15-11(16-7)10-8(13)5-4-6-9(10)14/h4-6H,1H2,2-3H3. The van der Waals surface area contributed by atoms with Crippen molar-refractivity contribution >= 4 is 5.90 Å². The Morgan fingerprint density at radius 1 is 1.25 bits per heavy atom. The summed E-state index contributed by atoms with van der Waals surface area (Å²) in [6.45, 7) is 7.19. The summed E-state index contributed by atoms with van der Waals surface area (Å²) in [5.41, 5.74) is -0.890. The van der Waals surface area contributed by atoms with Crippen LogP contribution in [-0.2, 0) is 4.74 Å². The molecule has 1 aliphatic heterocycles. The Kier molecular flexibility index (Phi) is 2.30. The van der Waals surface area contributed by atoms with Crippen LogP contribution in [0.2, 0.25) is 0 Å². The van der Waals surface area contributed by atoms with E-state index in [9.17, 15) is 8.78 Å². The largest absolute Gasteiger partial charge is 0.441 e. The smallest absolute Gasteiger partial charge is 0.228 e. The molecule has 0 saturated heterocycles. The molecule has 0 radical (unpaired) electrons. The molecule has 84 valence electrons. The van der Waals surface area contributed by atoms with Crippen LogP contribution in [-0.4, -0.2) is 11.4 Å². The Bertz CT molecular complexity index is 472. The van der Waals surface area contributed by atoms with E-state index < -0.39 is 17.2 Å². The van der Waals surface area contributed by atoms with Gasteiger partial charge in [-0.25, -0.2) is 13.8 Å². The van der Waals surface area contributed by atoms with E-state index in [0.29, 0.717) is 5.76 Å². The topological polar surface area (TPSA) is 21.6 Å². The predicted octanol–water partition coefficient (Wildman–Crippen LogP) is 3.03. The number of aliphatic imine (C=N–C) groups is 1. The van der Waals surface area contributed by atoms with Gasteiger partial charge in [0.05, 0.1) is 0 Å². The Morgan fingerprint density at radius 2 is 1.81 bits per heavy atom. The third kappa shape index (κ3) is 1.60. The molecule has 0 saturated carbocycles. The van der Waals surface area contributed by atoms with Gasteiger partial charge in [0.1, 0.15) is 28.5 Å². The van der Waals surface area contributed by atoms with Crippen LogP contribution in [0.5, 0.6) is 0 Å². The first kappa shape index (κ1) is 10.8. The van der Waals surface area contributed by atoms with Gasteiger partial charge < -0.3 is 4.74 Å². The van der Waals surface area contributed by atoms with Gasteiger partial charge in [0, 0.05) is 0 Å². The number of halogens is 2. The molecule has 0 N–H and O–H groups in total. The van der Waals surface area contributed by atoms with Crippen molar-refractivity contribution < 1.29 is 13.5 Å². The average molecular weight is 223 g/mol. The third-order valence-electron chi connectivity index (χ3n) is 2.46. The molecule has 4 heteroatoms. The number of hydrogen-bond acceptors (Lipinski definition) is 2. The van der Waals surface area contributed by atoms with Crippen molar-refractivity contribution in [3.8, 4) is 0 Å². The zero-order chi connectivity index (χ0) is 11.9. The van der Waals surface area contributed by atoms with Crippen LogP contribution in [0.3, 0.4) is 0 Å². The molecule has 0 unspecified atom stereocenters. The summed E-state index contributed by atoms with van der Waals surface area (Å²) < 4.78 is 32.1. The Hall–Kier alpha value is -1.71. The lowest BCUT2D eigenvalue weighted by atomic mass is 10.1. The second-order valence-electron chi connectivity index (χ2n) is 4.10. The summed E-state index contributed by atoms with van der Waals surface area (Å²) in [5, 5.41) is 0. The van der Waals surface area contributed by atoms with Crippen molar-refractivity contribution in [3.05, 3.63) is 47.7 Å². The molecule has 2 rings (SSSR count). The number of ether oxygens (including phenoxy) is 1. The van der Waals surface area contributed by atoms with E-state index in [4.69, 9.17) is 4.74 Å². The van der Waals surface area contributed by atoms with E-state index >= 15 is 0 Å². The molecule has 1 aromatic carbocycles. The van der Waals surface area contributed by atoms with Crippen molar-refractivity contribution in [2.45, 2.75) is 19.4 Å². The summed E-state index contributed by atoms with van der Waals surface area (Å²) in [7, 11) is 0. The minimum absolute atomic E-state index is 0.0504. The van der Waals surface area contributed by atoms with Crippen LogP contribution >= 0.6 is 0 Å². The molecule has 0 amide bonds. The fraction of sp³-hybridized carbons (Fsp3) is 0.250. The fourth-order valence-electron chi connectivity index (χ4n) is 1.39. The zero-order valence-corrected chi connectivity index (χ0v) is 9.05. The zero-order valence-electron chi connectivity index (χ0n) is 9.05. The van der Waals surface area contributed by atoms with Gasteiger partial charge in [-0.3, -0.25) is 0 Å². The minimum atomic E-state index is -0.691. The first-order chi connectivity index (χ1) is 7.42. The Balaban J connectivity index is 2.52. The van der Waals surface area contributed by atoms with Crippen LogP contribution in [0.25, 0.3) is 0 Å². The first-order valence-corrected chi connectivity index (χ1v) is 4.83. The van der Waals surface area contributed by atoms with E-state index in [2.05, 4.69) is 11.6 Å². The second-order valence-corrected chi connectivity index (χ2v) is 4.10. The first-order valence-electron chi connectivity index (χ1n) is 4.83. The molecule has 0 atom stereocenters. The van der Waals surface area contributed by atoms with Crippen LogP contribution in [0.4, 0.5) is 8.78 Å². The maximum Gasteiger partial charge on any atom is 0.228 e. The molecule has 16 heavy (non-hydrogen) atoms. The van der Waals surface area contributed by atoms with Gasteiger partial charge in [0.15, 0.2) is 0 Å². The van der Waals surface area contributed by atoms with Crippen LogP contribution in [0.15, 0.2) is 35.5 Å². The monoisotopic (exact) mass is 223 g/mol.